The molecule has 0 unspecified atom stereocenters. The largest absolute Gasteiger partial charge is 0.314 e. The van der Waals surface area contributed by atoms with Gasteiger partial charge in [-0.05, 0) is 38.6 Å². The lowest BCUT2D eigenvalue weighted by atomic mass is 9.87. The van der Waals surface area contributed by atoms with Gasteiger partial charge in [0.1, 0.15) is 0 Å². The van der Waals surface area contributed by atoms with Crippen LogP contribution >= 0.6 is 0 Å². The molecule has 2 fully saturated rings. The van der Waals surface area contributed by atoms with Crippen molar-refractivity contribution in [3.05, 3.63) is 0 Å². The zero-order valence-electron chi connectivity index (χ0n) is 12.8. The van der Waals surface area contributed by atoms with Gasteiger partial charge in [-0.3, -0.25) is 0 Å². The van der Waals surface area contributed by atoms with Crippen LogP contribution in [0.2, 0.25) is 0 Å². The summed E-state index contributed by atoms with van der Waals surface area (Å²) in [7, 11) is -2.98. The van der Waals surface area contributed by atoms with Crippen LogP contribution in [0.3, 0.4) is 0 Å². The molecule has 118 valence electrons. The fourth-order valence-electron chi connectivity index (χ4n) is 3.49. The molecule has 1 aliphatic heterocycles. The molecule has 1 saturated heterocycles. The van der Waals surface area contributed by atoms with E-state index in [2.05, 4.69) is 5.32 Å². The predicted molar refractivity (Wildman–Crippen MR) is 83.3 cm³/mol. The fraction of sp³-hybridized carbons (Fsp3) is 1.00. The molecular formula is C15H30N2O2S. The Hall–Kier alpha value is -0.130. The molecule has 1 N–H and O–H groups in total. The molecule has 1 saturated carbocycles. The number of sulfonamides is 1. The summed E-state index contributed by atoms with van der Waals surface area (Å²) >= 11 is 0. The Morgan fingerprint density at radius 1 is 1.05 bits per heavy atom. The Balaban J connectivity index is 1.62. The summed E-state index contributed by atoms with van der Waals surface area (Å²) in [5.41, 5.74) is 0. The van der Waals surface area contributed by atoms with Crippen LogP contribution in [0.1, 0.15) is 58.3 Å². The van der Waals surface area contributed by atoms with Gasteiger partial charge >= 0.3 is 0 Å². The summed E-state index contributed by atoms with van der Waals surface area (Å²) in [5, 5.41) is 3.64. The highest BCUT2D eigenvalue weighted by molar-refractivity contribution is 7.89. The van der Waals surface area contributed by atoms with Gasteiger partial charge in [-0.1, -0.05) is 32.1 Å². The Kier molecular flexibility index (Phi) is 6.30. The normalized spacial score (nSPS) is 24.1. The number of nitrogens with zero attached hydrogens (tertiary/aromatic N) is 1. The Morgan fingerprint density at radius 3 is 2.30 bits per heavy atom. The van der Waals surface area contributed by atoms with E-state index in [9.17, 15) is 8.42 Å². The van der Waals surface area contributed by atoms with Gasteiger partial charge in [0, 0.05) is 19.1 Å². The Labute approximate surface area is 124 Å². The van der Waals surface area contributed by atoms with E-state index < -0.39 is 10.0 Å². The average Bonchev–Trinajstić information content (AvgIpc) is 2.49. The van der Waals surface area contributed by atoms with Gasteiger partial charge in [0.05, 0.1) is 5.75 Å². The topological polar surface area (TPSA) is 49.4 Å². The maximum Gasteiger partial charge on any atom is 0.213 e. The lowest BCUT2D eigenvalue weighted by Crippen LogP contribution is -2.45. The zero-order chi connectivity index (χ0) is 14.4. The minimum absolute atomic E-state index is 0.229. The van der Waals surface area contributed by atoms with Crippen LogP contribution < -0.4 is 5.32 Å². The van der Waals surface area contributed by atoms with Crippen LogP contribution in [-0.4, -0.2) is 44.2 Å². The van der Waals surface area contributed by atoms with Crippen LogP contribution in [0.4, 0.5) is 0 Å². The number of piperidine rings is 1. The van der Waals surface area contributed by atoms with Crippen molar-refractivity contribution >= 4 is 10.0 Å². The van der Waals surface area contributed by atoms with E-state index in [1.807, 2.05) is 0 Å². The summed E-state index contributed by atoms with van der Waals surface area (Å²) < 4.78 is 25.2. The maximum absolute atomic E-state index is 11.8. The van der Waals surface area contributed by atoms with E-state index in [1.54, 1.807) is 11.2 Å². The number of nitrogens with one attached hydrogen (secondary N) is 1. The van der Waals surface area contributed by atoms with Gasteiger partial charge in [-0.15, -0.1) is 0 Å². The van der Waals surface area contributed by atoms with Crippen molar-refractivity contribution in [2.24, 2.45) is 5.92 Å². The Morgan fingerprint density at radius 2 is 1.70 bits per heavy atom. The molecule has 20 heavy (non-hydrogen) atoms. The van der Waals surface area contributed by atoms with Crippen LogP contribution in [0.5, 0.6) is 0 Å². The zero-order valence-corrected chi connectivity index (χ0v) is 13.6. The van der Waals surface area contributed by atoms with Crippen molar-refractivity contribution < 1.29 is 8.42 Å². The molecule has 4 nitrogen and oxygen atoms in total. The maximum atomic E-state index is 11.8. The van der Waals surface area contributed by atoms with Gasteiger partial charge in [0.25, 0.3) is 0 Å². The molecule has 0 radical (unpaired) electrons. The molecule has 0 amide bonds. The van der Waals surface area contributed by atoms with E-state index in [0.717, 1.165) is 25.3 Å². The highest BCUT2D eigenvalue weighted by atomic mass is 32.2. The number of hydrogen-bond acceptors (Lipinski definition) is 3. The Bertz CT molecular complexity index is 369. The monoisotopic (exact) mass is 302 g/mol. The second kappa shape index (κ2) is 7.76. The summed E-state index contributed by atoms with van der Waals surface area (Å²) in [5.74, 6) is 1.16. The van der Waals surface area contributed by atoms with Gasteiger partial charge in [0.2, 0.25) is 10.0 Å². The third kappa shape index (κ3) is 4.71. The molecule has 0 aromatic carbocycles. The summed E-state index contributed by atoms with van der Waals surface area (Å²) in [6.45, 7) is 4.22. The molecule has 1 heterocycles. The van der Waals surface area contributed by atoms with Crippen molar-refractivity contribution in [2.45, 2.75) is 64.3 Å². The third-order valence-electron chi connectivity index (χ3n) is 4.92. The first kappa shape index (κ1) is 16.2. The lowest BCUT2D eigenvalue weighted by Gasteiger charge is -2.32. The van der Waals surface area contributed by atoms with Crippen LogP contribution in [-0.2, 0) is 10.0 Å². The van der Waals surface area contributed by atoms with Crippen LogP contribution in [0.25, 0.3) is 0 Å². The van der Waals surface area contributed by atoms with Gasteiger partial charge in [0.15, 0.2) is 0 Å². The average molecular weight is 302 g/mol. The van der Waals surface area contributed by atoms with Crippen molar-refractivity contribution in [1.29, 1.82) is 0 Å². The third-order valence-corrected chi connectivity index (χ3v) is 6.80. The van der Waals surface area contributed by atoms with Crippen molar-refractivity contribution in [3.8, 4) is 0 Å². The molecule has 5 heteroatoms. The van der Waals surface area contributed by atoms with Crippen molar-refractivity contribution in [3.63, 3.8) is 0 Å². The second-order valence-corrected chi connectivity index (χ2v) is 8.58. The molecule has 0 aromatic rings. The van der Waals surface area contributed by atoms with Crippen LogP contribution in [0, 0.1) is 5.92 Å². The first-order valence-electron chi connectivity index (χ1n) is 8.33. The SMILES string of the molecule is CCS(=O)(=O)N1CCC(NCCC2CCCCC2)CC1. The fourth-order valence-corrected chi connectivity index (χ4v) is 4.62. The summed E-state index contributed by atoms with van der Waals surface area (Å²) in [4.78, 5) is 0. The van der Waals surface area contributed by atoms with E-state index >= 15 is 0 Å². The quantitative estimate of drug-likeness (QED) is 0.819. The molecule has 0 bridgehead atoms. The molecule has 2 rings (SSSR count). The molecule has 0 aromatic heterocycles. The number of hydrogen-bond donors (Lipinski definition) is 1. The molecular weight excluding hydrogens is 272 g/mol. The summed E-state index contributed by atoms with van der Waals surface area (Å²) in [6, 6.07) is 0.516. The molecule has 1 aliphatic carbocycles. The van der Waals surface area contributed by atoms with Gasteiger partial charge in [-0.25, -0.2) is 12.7 Å². The second-order valence-electron chi connectivity index (χ2n) is 6.32. The molecule has 0 atom stereocenters. The standard InChI is InChI=1S/C15H30N2O2S/c1-2-20(18,19)17-12-9-15(10-13-17)16-11-8-14-6-4-3-5-7-14/h14-16H,2-13H2,1H3. The smallest absolute Gasteiger partial charge is 0.213 e. The highest BCUT2D eigenvalue weighted by Crippen LogP contribution is 2.26. The van der Waals surface area contributed by atoms with Crippen molar-refractivity contribution in [2.75, 3.05) is 25.4 Å². The van der Waals surface area contributed by atoms with E-state index in [-0.39, 0.29) is 5.75 Å². The van der Waals surface area contributed by atoms with Gasteiger partial charge in [-0.2, -0.15) is 0 Å². The number of rotatable bonds is 6. The first-order valence-corrected chi connectivity index (χ1v) is 9.94. The highest BCUT2D eigenvalue weighted by Gasteiger charge is 2.26. The molecule has 0 spiro atoms. The van der Waals surface area contributed by atoms with Crippen molar-refractivity contribution in [1.82, 2.24) is 9.62 Å². The molecule has 2 aliphatic rings. The minimum Gasteiger partial charge on any atom is -0.314 e. The summed E-state index contributed by atoms with van der Waals surface area (Å²) in [6.07, 6.45) is 10.3. The predicted octanol–water partition coefficient (Wildman–Crippen LogP) is 2.36. The van der Waals surface area contributed by atoms with E-state index in [0.29, 0.717) is 19.1 Å². The van der Waals surface area contributed by atoms with E-state index in [1.165, 1.54) is 38.5 Å². The van der Waals surface area contributed by atoms with Crippen LogP contribution in [0.15, 0.2) is 0 Å². The lowest BCUT2D eigenvalue weighted by molar-refractivity contribution is 0.276. The van der Waals surface area contributed by atoms with Gasteiger partial charge < -0.3 is 5.32 Å². The first-order chi connectivity index (χ1) is 9.62. The minimum atomic E-state index is -2.98. The van der Waals surface area contributed by atoms with E-state index in [4.69, 9.17) is 0 Å².